The Hall–Kier alpha value is -2.04. The maximum Gasteiger partial charge on any atom is 0.411 e. The zero-order chi connectivity index (χ0) is 20.9. The minimum absolute atomic E-state index is 0. The zero-order valence-electron chi connectivity index (χ0n) is 17.9. The van der Waals surface area contributed by atoms with E-state index < -0.39 is 6.09 Å². The molecule has 9 heteroatoms. The van der Waals surface area contributed by atoms with Gasteiger partial charge in [-0.1, -0.05) is 18.6 Å². The molecule has 0 unspecified atom stereocenters. The van der Waals surface area contributed by atoms with Crippen LogP contribution in [0, 0.1) is 0 Å². The number of ether oxygens (including phenoxy) is 1. The van der Waals surface area contributed by atoms with Crippen LogP contribution in [0.15, 0.2) is 29.3 Å². The fraction of sp³-hybridized carbons (Fsp3) is 0.571. The number of hydrogen-bond acceptors (Lipinski definition) is 4. The van der Waals surface area contributed by atoms with Gasteiger partial charge in [0.1, 0.15) is 0 Å². The highest BCUT2D eigenvalue weighted by Crippen LogP contribution is 2.12. The number of carbonyl (C=O) groups is 2. The Labute approximate surface area is 196 Å². The van der Waals surface area contributed by atoms with Gasteiger partial charge in [-0.15, -0.1) is 24.0 Å². The van der Waals surface area contributed by atoms with Crippen molar-refractivity contribution in [2.24, 2.45) is 4.99 Å². The summed E-state index contributed by atoms with van der Waals surface area (Å²) in [5.74, 6) is 1.04. The number of benzene rings is 1. The molecule has 0 bridgehead atoms. The van der Waals surface area contributed by atoms with Gasteiger partial charge >= 0.3 is 6.09 Å². The van der Waals surface area contributed by atoms with Crippen molar-refractivity contribution in [3.8, 4) is 0 Å². The van der Waals surface area contributed by atoms with Crippen LogP contribution in [0.2, 0.25) is 0 Å². The monoisotopic (exact) mass is 531 g/mol. The normalized spacial score (nSPS) is 14.4. The van der Waals surface area contributed by atoms with Crippen LogP contribution < -0.4 is 16.0 Å². The molecule has 0 saturated carbocycles. The molecule has 2 amide bonds. The lowest BCUT2D eigenvalue weighted by Gasteiger charge is -2.20. The average Bonchev–Trinajstić information content (AvgIpc) is 2.94. The third-order valence-corrected chi connectivity index (χ3v) is 4.72. The molecule has 1 aliphatic rings. The zero-order valence-corrected chi connectivity index (χ0v) is 20.2. The molecule has 1 heterocycles. The van der Waals surface area contributed by atoms with Gasteiger partial charge in [0, 0.05) is 38.3 Å². The SMILES string of the molecule is CCNC(=NCc1ccc(NC(=O)OC)cc1)NCCCN1CCCCCC1=O.I. The van der Waals surface area contributed by atoms with Crippen molar-refractivity contribution in [2.75, 3.05) is 38.6 Å². The van der Waals surface area contributed by atoms with Gasteiger partial charge in [-0.2, -0.15) is 0 Å². The van der Waals surface area contributed by atoms with Gasteiger partial charge in [-0.05, 0) is 43.9 Å². The Morgan fingerprint density at radius 2 is 1.93 bits per heavy atom. The third-order valence-electron chi connectivity index (χ3n) is 4.72. The molecule has 0 radical (unpaired) electrons. The molecule has 1 aromatic rings. The number of aliphatic imine (C=N–C) groups is 1. The molecule has 1 aromatic carbocycles. The number of likely N-dealkylation sites (tertiary alicyclic amines) is 1. The predicted molar refractivity (Wildman–Crippen MR) is 130 cm³/mol. The molecule has 0 aliphatic carbocycles. The summed E-state index contributed by atoms with van der Waals surface area (Å²) in [6.45, 7) is 5.77. The number of carbonyl (C=O) groups excluding carboxylic acids is 2. The summed E-state index contributed by atoms with van der Waals surface area (Å²) < 4.78 is 4.58. The summed E-state index contributed by atoms with van der Waals surface area (Å²) >= 11 is 0. The van der Waals surface area contributed by atoms with E-state index in [9.17, 15) is 9.59 Å². The number of methoxy groups -OCH3 is 1. The number of nitrogens with zero attached hydrogens (tertiary/aromatic N) is 2. The lowest BCUT2D eigenvalue weighted by Crippen LogP contribution is -2.39. The van der Waals surface area contributed by atoms with Crippen LogP contribution >= 0.6 is 24.0 Å². The second-order valence-electron chi connectivity index (χ2n) is 6.98. The first-order valence-electron chi connectivity index (χ1n) is 10.4. The topological polar surface area (TPSA) is 95.1 Å². The molecule has 1 fully saturated rings. The molecule has 0 spiro atoms. The molecule has 2 rings (SSSR count). The van der Waals surface area contributed by atoms with E-state index in [1.165, 1.54) is 7.11 Å². The number of amides is 2. The van der Waals surface area contributed by atoms with Crippen LogP contribution in [0.4, 0.5) is 10.5 Å². The maximum absolute atomic E-state index is 12.0. The van der Waals surface area contributed by atoms with Crippen LogP contribution in [0.5, 0.6) is 0 Å². The van der Waals surface area contributed by atoms with Crippen LogP contribution in [0.3, 0.4) is 0 Å². The second-order valence-corrected chi connectivity index (χ2v) is 6.98. The van der Waals surface area contributed by atoms with Crippen molar-refractivity contribution < 1.29 is 14.3 Å². The average molecular weight is 531 g/mol. The fourth-order valence-corrected chi connectivity index (χ4v) is 3.13. The molecule has 1 saturated heterocycles. The van der Waals surface area contributed by atoms with Crippen molar-refractivity contribution in [3.63, 3.8) is 0 Å². The quantitative estimate of drug-likeness (QED) is 0.207. The van der Waals surface area contributed by atoms with Crippen molar-refractivity contribution in [2.45, 2.75) is 45.6 Å². The molecular formula is C21H34IN5O3. The van der Waals surface area contributed by atoms with Crippen molar-refractivity contribution in [3.05, 3.63) is 29.8 Å². The minimum atomic E-state index is -0.490. The third kappa shape index (κ3) is 9.64. The molecule has 30 heavy (non-hydrogen) atoms. The van der Waals surface area contributed by atoms with Crippen molar-refractivity contribution in [1.29, 1.82) is 0 Å². The highest BCUT2D eigenvalue weighted by Gasteiger charge is 2.15. The number of anilines is 1. The predicted octanol–water partition coefficient (Wildman–Crippen LogP) is 3.33. The molecular weight excluding hydrogens is 497 g/mol. The highest BCUT2D eigenvalue weighted by atomic mass is 127. The summed E-state index contributed by atoms with van der Waals surface area (Å²) in [6.07, 6.45) is 4.37. The Kier molecular flexibility index (Phi) is 12.9. The number of guanidine groups is 1. The van der Waals surface area contributed by atoms with E-state index in [0.29, 0.717) is 18.7 Å². The van der Waals surface area contributed by atoms with Crippen LogP contribution in [0.1, 0.15) is 44.6 Å². The first-order chi connectivity index (χ1) is 14.1. The summed E-state index contributed by atoms with van der Waals surface area (Å²) in [5.41, 5.74) is 1.71. The highest BCUT2D eigenvalue weighted by molar-refractivity contribution is 14.0. The number of nitrogens with one attached hydrogen (secondary N) is 3. The molecule has 8 nitrogen and oxygen atoms in total. The maximum atomic E-state index is 12.0. The van der Waals surface area contributed by atoms with Crippen LogP contribution in [-0.2, 0) is 16.1 Å². The lowest BCUT2D eigenvalue weighted by molar-refractivity contribution is -0.130. The smallest absolute Gasteiger partial charge is 0.411 e. The van der Waals surface area contributed by atoms with Gasteiger partial charge in [0.25, 0.3) is 0 Å². The van der Waals surface area contributed by atoms with Gasteiger partial charge in [0.15, 0.2) is 5.96 Å². The summed E-state index contributed by atoms with van der Waals surface area (Å²) in [6, 6.07) is 7.48. The van der Waals surface area contributed by atoms with Gasteiger partial charge in [0.2, 0.25) is 5.91 Å². The number of rotatable bonds is 8. The minimum Gasteiger partial charge on any atom is -0.453 e. The summed E-state index contributed by atoms with van der Waals surface area (Å²) in [4.78, 5) is 29.9. The van der Waals surface area contributed by atoms with E-state index in [4.69, 9.17) is 0 Å². The fourth-order valence-electron chi connectivity index (χ4n) is 3.13. The summed E-state index contributed by atoms with van der Waals surface area (Å²) in [5, 5.41) is 9.20. The van der Waals surface area contributed by atoms with Crippen LogP contribution in [0.25, 0.3) is 0 Å². The summed E-state index contributed by atoms with van der Waals surface area (Å²) in [7, 11) is 1.33. The first-order valence-corrected chi connectivity index (χ1v) is 10.4. The Morgan fingerprint density at radius 1 is 1.17 bits per heavy atom. The van der Waals surface area contributed by atoms with E-state index in [2.05, 4.69) is 25.7 Å². The van der Waals surface area contributed by atoms with Crippen molar-refractivity contribution in [1.82, 2.24) is 15.5 Å². The van der Waals surface area contributed by atoms with E-state index in [0.717, 1.165) is 63.4 Å². The Balaban J connectivity index is 0.00000450. The molecule has 3 N–H and O–H groups in total. The molecule has 168 valence electrons. The van der Waals surface area contributed by atoms with Gasteiger partial charge in [0.05, 0.1) is 13.7 Å². The molecule has 0 atom stereocenters. The van der Waals surface area contributed by atoms with Gasteiger partial charge in [-0.25, -0.2) is 9.79 Å². The standard InChI is InChI=1S/C21H33N5O3.HI/c1-3-22-20(23-13-7-15-26-14-6-4-5-8-19(26)27)24-16-17-9-11-18(12-10-17)25-21(28)29-2;/h9-12H,3-8,13-16H2,1-2H3,(H,25,28)(H2,22,23,24);1H. The van der Waals surface area contributed by atoms with E-state index in [1.807, 2.05) is 36.1 Å². The van der Waals surface area contributed by atoms with E-state index in [-0.39, 0.29) is 29.9 Å². The van der Waals surface area contributed by atoms with Crippen LogP contribution in [-0.4, -0.2) is 56.1 Å². The van der Waals surface area contributed by atoms with Crippen molar-refractivity contribution >= 4 is 47.6 Å². The van der Waals surface area contributed by atoms with Gasteiger partial charge in [-0.3, -0.25) is 10.1 Å². The largest absolute Gasteiger partial charge is 0.453 e. The van der Waals surface area contributed by atoms with Gasteiger partial charge < -0.3 is 20.3 Å². The first kappa shape index (κ1) is 26.0. The van der Waals surface area contributed by atoms with E-state index >= 15 is 0 Å². The Morgan fingerprint density at radius 3 is 2.63 bits per heavy atom. The van der Waals surface area contributed by atoms with E-state index in [1.54, 1.807) is 0 Å². The lowest BCUT2D eigenvalue weighted by atomic mass is 10.2. The Bertz CT molecular complexity index is 682. The molecule has 1 aliphatic heterocycles. The molecule has 0 aromatic heterocycles. The second kappa shape index (κ2) is 14.9. The number of halogens is 1. The number of hydrogen-bond donors (Lipinski definition) is 3.